The second kappa shape index (κ2) is 9.45. The maximum atomic E-state index is 15.0. The summed E-state index contributed by atoms with van der Waals surface area (Å²) in [4.78, 5) is 0. The standard InChI is InChI=1S/C28H37F/c1-3-5-6-8-21-11-14-26-19-25(15-16-27(26)28(21)29)24-13-12-22-17-20(7-4-2)9-10-23(22)18-24/h3,5,11,14-16,19-20,22-24H,4,6-10,12-13,17-18H2,1-2H3/b5-3+/t20?,22-,23?,24-/m1/s1. The molecule has 2 aromatic carbocycles. The highest BCUT2D eigenvalue weighted by atomic mass is 19.1. The molecule has 29 heavy (non-hydrogen) atoms. The summed E-state index contributed by atoms with van der Waals surface area (Å²) in [5.41, 5.74) is 2.28. The Morgan fingerprint density at radius 1 is 1.00 bits per heavy atom. The molecule has 2 saturated carbocycles. The van der Waals surface area contributed by atoms with Crippen molar-refractivity contribution in [3.05, 3.63) is 59.4 Å². The first kappa shape index (κ1) is 20.6. The van der Waals surface area contributed by atoms with Gasteiger partial charge in [-0.15, -0.1) is 0 Å². The lowest BCUT2D eigenvalue weighted by atomic mass is 9.63. The number of benzene rings is 2. The van der Waals surface area contributed by atoms with E-state index in [4.69, 9.17) is 0 Å². The van der Waals surface area contributed by atoms with Gasteiger partial charge < -0.3 is 0 Å². The summed E-state index contributed by atoms with van der Waals surface area (Å²) < 4.78 is 15.0. The van der Waals surface area contributed by atoms with Gasteiger partial charge in [0.15, 0.2) is 0 Å². The van der Waals surface area contributed by atoms with E-state index in [2.05, 4.69) is 31.2 Å². The van der Waals surface area contributed by atoms with Crippen LogP contribution in [0.5, 0.6) is 0 Å². The Morgan fingerprint density at radius 2 is 1.83 bits per heavy atom. The highest BCUT2D eigenvalue weighted by Crippen LogP contribution is 2.48. The Bertz CT molecular complexity index is 849. The number of hydrogen-bond acceptors (Lipinski definition) is 0. The molecule has 0 amide bonds. The lowest BCUT2D eigenvalue weighted by molar-refractivity contribution is 0.114. The van der Waals surface area contributed by atoms with E-state index in [9.17, 15) is 4.39 Å². The molecule has 2 unspecified atom stereocenters. The fraction of sp³-hybridized carbons (Fsp3) is 0.571. The highest BCUT2D eigenvalue weighted by molar-refractivity contribution is 5.84. The fourth-order valence-electron chi connectivity index (χ4n) is 6.17. The van der Waals surface area contributed by atoms with Gasteiger partial charge in [0.05, 0.1) is 0 Å². The predicted octanol–water partition coefficient (Wildman–Crippen LogP) is 8.59. The van der Waals surface area contributed by atoms with Gasteiger partial charge in [0.25, 0.3) is 0 Å². The van der Waals surface area contributed by atoms with Crippen LogP contribution in [0.25, 0.3) is 10.8 Å². The molecule has 4 rings (SSSR count). The molecular formula is C28H37F. The SMILES string of the molecule is C/C=C/CCc1ccc2cc([C@@H]3CC[C@@H]4CC(CCC)CCC4C3)ccc2c1F. The van der Waals surface area contributed by atoms with Gasteiger partial charge >= 0.3 is 0 Å². The van der Waals surface area contributed by atoms with E-state index in [1.807, 2.05) is 25.1 Å². The summed E-state index contributed by atoms with van der Waals surface area (Å²) in [5.74, 6) is 3.53. The van der Waals surface area contributed by atoms with Crippen LogP contribution in [-0.2, 0) is 6.42 Å². The molecule has 0 radical (unpaired) electrons. The van der Waals surface area contributed by atoms with Gasteiger partial charge in [-0.3, -0.25) is 0 Å². The topological polar surface area (TPSA) is 0 Å². The van der Waals surface area contributed by atoms with Crippen molar-refractivity contribution in [1.29, 1.82) is 0 Å². The number of aryl methyl sites for hydroxylation is 1. The number of fused-ring (bicyclic) bond motifs is 2. The minimum absolute atomic E-state index is 0.0171. The molecule has 0 bridgehead atoms. The minimum Gasteiger partial charge on any atom is -0.206 e. The zero-order chi connectivity index (χ0) is 20.2. The van der Waals surface area contributed by atoms with Crippen LogP contribution in [0.2, 0.25) is 0 Å². The van der Waals surface area contributed by atoms with Gasteiger partial charge in [0, 0.05) is 5.39 Å². The molecule has 156 valence electrons. The summed E-state index contributed by atoms with van der Waals surface area (Å²) in [7, 11) is 0. The second-order valence-electron chi connectivity index (χ2n) is 9.62. The fourth-order valence-corrected chi connectivity index (χ4v) is 6.17. The summed E-state index contributed by atoms with van der Waals surface area (Å²) >= 11 is 0. The number of halogens is 1. The summed E-state index contributed by atoms with van der Waals surface area (Å²) in [6.45, 7) is 4.35. The van der Waals surface area contributed by atoms with Crippen molar-refractivity contribution in [2.45, 2.75) is 84.0 Å². The monoisotopic (exact) mass is 392 g/mol. The van der Waals surface area contributed by atoms with E-state index in [0.29, 0.717) is 5.92 Å². The van der Waals surface area contributed by atoms with E-state index in [-0.39, 0.29) is 5.82 Å². The lowest BCUT2D eigenvalue weighted by Gasteiger charge is -2.42. The first-order valence-corrected chi connectivity index (χ1v) is 12.0. The zero-order valence-electron chi connectivity index (χ0n) is 18.3. The molecule has 0 saturated heterocycles. The Hall–Kier alpha value is -1.63. The van der Waals surface area contributed by atoms with Gasteiger partial charge in [-0.2, -0.15) is 0 Å². The van der Waals surface area contributed by atoms with Crippen LogP contribution in [0, 0.1) is 23.6 Å². The molecule has 2 aliphatic rings. The van der Waals surface area contributed by atoms with Crippen LogP contribution in [0.15, 0.2) is 42.5 Å². The largest absolute Gasteiger partial charge is 0.206 e. The van der Waals surface area contributed by atoms with Crippen molar-refractivity contribution >= 4 is 10.8 Å². The molecule has 0 nitrogen and oxygen atoms in total. The first-order valence-electron chi connectivity index (χ1n) is 12.0. The zero-order valence-corrected chi connectivity index (χ0v) is 18.3. The average molecular weight is 393 g/mol. The van der Waals surface area contributed by atoms with Crippen LogP contribution in [-0.4, -0.2) is 0 Å². The van der Waals surface area contributed by atoms with Crippen molar-refractivity contribution in [3.63, 3.8) is 0 Å². The molecule has 2 aliphatic carbocycles. The minimum atomic E-state index is -0.0171. The van der Waals surface area contributed by atoms with Gasteiger partial charge in [0.1, 0.15) is 5.82 Å². The smallest absolute Gasteiger partial charge is 0.134 e. The third kappa shape index (κ3) is 4.60. The van der Waals surface area contributed by atoms with Gasteiger partial charge in [-0.05, 0) is 92.1 Å². The normalized spacial score (nSPS) is 27.4. The Balaban J connectivity index is 1.47. The Labute approximate surface area is 176 Å². The van der Waals surface area contributed by atoms with Gasteiger partial charge in [-0.1, -0.05) is 68.7 Å². The summed E-state index contributed by atoms with van der Waals surface area (Å²) in [5, 5.41) is 1.86. The van der Waals surface area contributed by atoms with Crippen molar-refractivity contribution in [1.82, 2.24) is 0 Å². The second-order valence-corrected chi connectivity index (χ2v) is 9.62. The molecule has 0 aromatic heterocycles. The molecule has 4 atom stereocenters. The molecule has 1 heteroatoms. The molecular weight excluding hydrogens is 355 g/mol. The Morgan fingerprint density at radius 3 is 2.66 bits per heavy atom. The van der Waals surface area contributed by atoms with Gasteiger partial charge in [-0.25, -0.2) is 4.39 Å². The molecule has 0 N–H and O–H groups in total. The van der Waals surface area contributed by atoms with Crippen LogP contribution < -0.4 is 0 Å². The first-order chi connectivity index (χ1) is 14.2. The summed E-state index contributed by atoms with van der Waals surface area (Å²) in [6.07, 6.45) is 17.0. The maximum Gasteiger partial charge on any atom is 0.134 e. The molecule has 0 heterocycles. The van der Waals surface area contributed by atoms with E-state index >= 15 is 0 Å². The van der Waals surface area contributed by atoms with Crippen LogP contribution in [0.4, 0.5) is 4.39 Å². The van der Waals surface area contributed by atoms with E-state index < -0.39 is 0 Å². The number of allylic oxidation sites excluding steroid dienone is 2. The molecule has 2 aromatic rings. The third-order valence-electron chi connectivity index (χ3n) is 7.76. The Kier molecular flexibility index (Phi) is 6.73. The van der Waals surface area contributed by atoms with Crippen LogP contribution >= 0.6 is 0 Å². The van der Waals surface area contributed by atoms with Crippen molar-refractivity contribution in [2.24, 2.45) is 17.8 Å². The van der Waals surface area contributed by atoms with Crippen molar-refractivity contribution < 1.29 is 4.39 Å². The molecule has 0 spiro atoms. The number of rotatable bonds is 6. The highest BCUT2D eigenvalue weighted by Gasteiger charge is 2.35. The lowest BCUT2D eigenvalue weighted by Crippen LogP contribution is -2.30. The van der Waals surface area contributed by atoms with E-state index in [1.165, 1.54) is 56.9 Å². The summed E-state index contributed by atoms with van der Waals surface area (Å²) in [6, 6.07) is 10.7. The van der Waals surface area contributed by atoms with Crippen LogP contribution in [0.3, 0.4) is 0 Å². The van der Waals surface area contributed by atoms with Crippen molar-refractivity contribution in [2.75, 3.05) is 0 Å². The maximum absolute atomic E-state index is 15.0. The average Bonchev–Trinajstić information content (AvgIpc) is 2.75. The van der Waals surface area contributed by atoms with Crippen LogP contribution in [0.1, 0.15) is 88.7 Å². The van der Waals surface area contributed by atoms with Crippen molar-refractivity contribution in [3.8, 4) is 0 Å². The predicted molar refractivity (Wildman–Crippen MR) is 123 cm³/mol. The third-order valence-corrected chi connectivity index (χ3v) is 7.76. The van der Waals surface area contributed by atoms with Gasteiger partial charge in [0.2, 0.25) is 0 Å². The van der Waals surface area contributed by atoms with E-state index in [0.717, 1.165) is 46.9 Å². The molecule has 0 aliphatic heterocycles. The van der Waals surface area contributed by atoms with E-state index in [1.54, 1.807) is 0 Å². The number of hydrogen-bond donors (Lipinski definition) is 0. The molecule has 2 fully saturated rings. The quantitative estimate of drug-likeness (QED) is 0.432.